The minimum absolute atomic E-state index is 0.0664. The van der Waals surface area contributed by atoms with E-state index in [4.69, 9.17) is 11.6 Å². The van der Waals surface area contributed by atoms with Gasteiger partial charge in [-0.15, -0.1) is 0 Å². The molecule has 1 N–H and O–H groups in total. The minimum atomic E-state index is -3.43. The van der Waals surface area contributed by atoms with Crippen LogP contribution in [0.3, 0.4) is 0 Å². The molecule has 6 nitrogen and oxygen atoms in total. The van der Waals surface area contributed by atoms with Crippen LogP contribution in [-0.4, -0.2) is 30.5 Å². The summed E-state index contributed by atoms with van der Waals surface area (Å²) in [4.78, 5) is 21.3. The molecule has 1 heterocycles. The molecule has 150 valence electrons. The van der Waals surface area contributed by atoms with Crippen molar-refractivity contribution in [1.82, 2.24) is 9.97 Å². The van der Waals surface area contributed by atoms with Crippen molar-refractivity contribution in [3.63, 3.8) is 0 Å². The number of rotatable bonds is 6. The standard InChI is InChI=1S/C19H21BrClN3O3S/c1-28(26,27)16-7-6-13(9-15(16)21)14(8-12-4-2-3-5-12)19(25)24-18-11-22-17(20)10-23-18/h6-7,9-12,14H,2-5,8H2,1H3,(H,23,24,25). The summed E-state index contributed by atoms with van der Waals surface area (Å²) in [7, 11) is -3.43. The van der Waals surface area contributed by atoms with Crippen LogP contribution in [0.25, 0.3) is 0 Å². The number of hydrogen-bond donors (Lipinski definition) is 1. The lowest BCUT2D eigenvalue weighted by Crippen LogP contribution is -2.24. The third-order valence-electron chi connectivity index (χ3n) is 4.99. The van der Waals surface area contributed by atoms with Gasteiger partial charge >= 0.3 is 0 Å². The Morgan fingerprint density at radius 3 is 2.57 bits per heavy atom. The Morgan fingerprint density at radius 2 is 2.00 bits per heavy atom. The van der Waals surface area contributed by atoms with E-state index in [2.05, 4.69) is 31.2 Å². The van der Waals surface area contributed by atoms with Gasteiger partial charge in [-0.2, -0.15) is 0 Å². The number of nitrogens with one attached hydrogen (secondary N) is 1. The van der Waals surface area contributed by atoms with Crippen molar-refractivity contribution in [3.8, 4) is 0 Å². The number of halogens is 2. The van der Waals surface area contributed by atoms with Gasteiger partial charge in [0.05, 0.1) is 28.2 Å². The number of carbonyl (C=O) groups is 1. The van der Waals surface area contributed by atoms with Crippen LogP contribution in [0.1, 0.15) is 43.6 Å². The molecule has 0 radical (unpaired) electrons. The van der Waals surface area contributed by atoms with E-state index in [-0.39, 0.29) is 15.8 Å². The molecule has 1 atom stereocenters. The monoisotopic (exact) mass is 485 g/mol. The van der Waals surface area contributed by atoms with E-state index in [9.17, 15) is 13.2 Å². The van der Waals surface area contributed by atoms with Crippen molar-refractivity contribution in [3.05, 3.63) is 45.8 Å². The van der Waals surface area contributed by atoms with E-state index < -0.39 is 15.8 Å². The second-order valence-corrected chi connectivity index (χ2v) is 10.3. The van der Waals surface area contributed by atoms with Gasteiger partial charge in [-0.3, -0.25) is 4.79 Å². The van der Waals surface area contributed by atoms with Crippen LogP contribution in [0.2, 0.25) is 5.02 Å². The summed E-state index contributed by atoms with van der Waals surface area (Å²) in [6.45, 7) is 0. The first kappa shape index (κ1) is 21.2. The molecule has 3 rings (SSSR count). The maximum Gasteiger partial charge on any atom is 0.233 e. The number of nitrogens with zero attached hydrogens (tertiary/aromatic N) is 2. The summed E-state index contributed by atoms with van der Waals surface area (Å²) in [5, 5.41) is 2.94. The quantitative estimate of drug-likeness (QED) is 0.644. The number of anilines is 1. The zero-order chi connectivity index (χ0) is 20.3. The summed E-state index contributed by atoms with van der Waals surface area (Å²) in [5.74, 6) is 0.176. The van der Waals surface area contributed by atoms with Crippen LogP contribution in [0, 0.1) is 5.92 Å². The zero-order valence-electron chi connectivity index (χ0n) is 15.4. The Morgan fingerprint density at radius 1 is 1.29 bits per heavy atom. The molecule has 1 fully saturated rings. The van der Waals surface area contributed by atoms with Gasteiger partial charge in [0.15, 0.2) is 15.7 Å². The lowest BCUT2D eigenvalue weighted by atomic mass is 9.87. The Labute approximate surface area is 178 Å². The van der Waals surface area contributed by atoms with Gasteiger partial charge in [0.25, 0.3) is 0 Å². The first-order valence-corrected chi connectivity index (χ1v) is 12.1. The Kier molecular flexibility index (Phi) is 6.73. The van der Waals surface area contributed by atoms with Gasteiger partial charge in [0, 0.05) is 6.26 Å². The first-order chi connectivity index (χ1) is 13.2. The van der Waals surface area contributed by atoms with Gasteiger partial charge in [0.2, 0.25) is 5.91 Å². The normalized spacial score (nSPS) is 16.1. The van der Waals surface area contributed by atoms with E-state index in [1.54, 1.807) is 12.1 Å². The summed E-state index contributed by atoms with van der Waals surface area (Å²) in [6, 6.07) is 4.74. The van der Waals surface area contributed by atoms with Crippen molar-refractivity contribution >= 4 is 49.1 Å². The third-order valence-corrected chi connectivity index (χ3v) is 6.98. The predicted octanol–water partition coefficient (Wildman–Crippen LogP) is 4.60. The summed E-state index contributed by atoms with van der Waals surface area (Å²) in [5.41, 5.74) is 0.701. The molecule has 9 heteroatoms. The summed E-state index contributed by atoms with van der Waals surface area (Å²) in [6.07, 6.45) is 9.32. The van der Waals surface area contributed by atoms with Crippen molar-refractivity contribution in [1.29, 1.82) is 0 Å². The van der Waals surface area contributed by atoms with Gasteiger partial charge in [-0.1, -0.05) is 43.4 Å². The van der Waals surface area contributed by atoms with Crippen LogP contribution >= 0.6 is 27.5 Å². The SMILES string of the molecule is CS(=O)(=O)c1ccc(C(CC2CCCC2)C(=O)Nc2cnc(Br)cn2)cc1Cl. The maximum atomic E-state index is 13.0. The fourth-order valence-corrected chi connectivity index (χ4v) is 5.14. The van der Waals surface area contributed by atoms with Gasteiger partial charge in [-0.25, -0.2) is 18.4 Å². The highest BCUT2D eigenvalue weighted by Crippen LogP contribution is 2.36. The molecule has 1 aliphatic rings. The second-order valence-electron chi connectivity index (χ2n) is 7.11. The van der Waals surface area contributed by atoms with E-state index in [0.29, 0.717) is 28.3 Å². The molecule has 1 amide bonds. The van der Waals surface area contributed by atoms with Crippen molar-refractivity contribution in [2.24, 2.45) is 5.92 Å². The van der Waals surface area contributed by atoms with Crippen molar-refractivity contribution < 1.29 is 13.2 Å². The highest BCUT2D eigenvalue weighted by Gasteiger charge is 2.28. The zero-order valence-corrected chi connectivity index (χ0v) is 18.5. The third kappa shape index (κ3) is 5.30. The molecule has 1 aliphatic carbocycles. The van der Waals surface area contributed by atoms with Crippen LogP contribution in [-0.2, 0) is 14.6 Å². The molecular formula is C19H21BrClN3O3S. The van der Waals surface area contributed by atoms with E-state index in [1.807, 2.05) is 0 Å². The number of amides is 1. The number of carbonyl (C=O) groups excluding carboxylic acids is 1. The Bertz CT molecular complexity index is 961. The van der Waals surface area contributed by atoms with E-state index in [0.717, 1.165) is 19.1 Å². The molecule has 2 aromatic rings. The van der Waals surface area contributed by atoms with Crippen LogP contribution in [0.5, 0.6) is 0 Å². The van der Waals surface area contributed by atoms with Gasteiger partial charge in [0.1, 0.15) is 4.60 Å². The second kappa shape index (κ2) is 8.88. The molecule has 1 saturated carbocycles. The largest absolute Gasteiger partial charge is 0.309 e. The lowest BCUT2D eigenvalue weighted by Gasteiger charge is -2.21. The average Bonchev–Trinajstić information content (AvgIpc) is 3.13. The Hall–Kier alpha value is -1.51. The number of aromatic nitrogens is 2. The van der Waals surface area contributed by atoms with Gasteiger partial charge in [-0.05, 0) is 46.0 Å². The topological polar surface area (TPSA) is 89.0 Å². The van der Waals surface area contributed by atoms with Gasteiger partial charge < -0.3 is 5.32 Å². The Balaban J connectivity index is 1.88. The van der Waals surface area contributed by atoms with E-state index >= 15 is 0 Å². The number of sulfone groups is 1. The smallest absolute Gasteiger partial charge is 0.233 e. The van der Waals surface area contributed by atoms with Crippen LogP contribution in [0.4, 0.5) is 5.82 Å². The van der Waals surface area contributed by atoms with Crippen molar-refractivity contribution in [2.75, 3.05) is 11.6 Å². The molecule has 0 spiro atoms. The molecule has 1 unspecified atom stereocenters. The fourth-order valence-electron chi connectivity index (χ4n) is 3.60. The van der Waals surface area contributed by atoms with Crippen LogP contribution in [0.15, 0.2) is 40.1 Å². The number of hydrogen-bond acceptors (Lipinski definition) is 5. The molecular weight excluding hydrogens is 466 g/mol. The highest BCUT2D eigenvalue weighted by atomic mass is 79.9. The number of benzene rings is 1. The van der Waals surface area contributed by atoms with Crippen molar-refractivity contribution in [2.45, 2.75) is 42.9 Å². The molecule has 1 aromatic carbocycles. The predicted molar refractivity (Wildman–Crippen MR) is 112 cm³/mol. The molecule has 28 heavy (non-hydrogen) atoms. The molecule has 0 saturated heterocycles. The first-order valence-electron chi connectivity index (χ1n) is 9.02. The minimum Gasteiger partial charge on any atom is -0.309 e. The van der Waals surface area contributed by atoms with E-state index in [1.165, 1.54) is 31.3 Å². The summed E-state index contributed by atoms with van der Waals surface area (Å²) >= 11 is 9.43. The van der Waals surface area contributed by atoms with Crippen LogP contribution < -0.4 is 5.32 Å². The average molecular weight is 487 g/mol. The lowest BCUT2D eigenvalue weighted by molar-refractivity contribution is -0.118. The summed E-state index contributed by atoms with van der Waals surface area (Å²) < 4.78 is 24.2. The fraction of sp³-hybridized carbons (Fsp3) is 0.421. The molecule has 0 bridgehead atoms. The highest BCUT2D eigenvalue weighted by molar-refractivity contribution is 9.10. The molecule has 1 aromatic heterocycles. The molecule has 0 aliphatic heterocycles. The maximum absolute atomic E-state index is 13.0.